The first-order chi connectivity index (χ1) is 9.61. The van der Waals surface area contributed by atoms with Gasteiger partial charge in [0.1, 0.15) is 0 Å². The summed E-state index contributed by atoms with van der Waals surface area (Å²) in [5, 5.41) is 0.699. The van der Waals surface area contributed by atoms with Crippen LogP contribution in [0.2, 0.25) is 5.02 Å². The molecule has 1 aromatic rings. The molecule has 0 aliphatic carbocycles. The number of ether oxygens (including phenoxy) is 1. The Labute approximate surface area is 126 Å². The van der Waals surface area contributed by atoms with Crippen LogP contribution >= 0.6 is 11.6 Å². The number of amides is 1. The van der Waals surface area contributed by atoms with E-state index in [9.17, 15) is 4.79 Å². The van der Waals surface area contributed by atoms with Crippen molar-refractivity contribution in [2.75, 3.05) is 20.2 Å². The largest absolute Gasteiger partial charge is 0.381 e. The Hall–Kier alpha value is -1.06. The summed E-state index contributed by atoms with van der Waals surface area (Å²) in [6.07, 6.45) is 2.12. The third-order valence-electron chi connectivity index (χ3n) is 3.47. The zero-order chi connectivity index (χ0) is 15.1. The van der Waals surface area contributed by atoms with Crippen molar-refractivity contribution in [2.45, 2.75) is 39.7 Å². The number of hydrogen-bond acceptors (Lipinski definition) is 2. The Morgan fingerprint density at radius 1 is 1.30 bits per heavy atom. The molecule has 0 atom stereocenters. The highest BCUT2D eigenvalue weighted by Gasteiger charge is 2.23. The molecular formula is C16H24ClNO2. The van der Waals surface area contributed by atoms with Gasteiger partial charge in [-0.15, -0.1) is 0 Å². The zero-order valence-corrected chi connectivity index (χ0v) is 13.5. The van der Waals surface area contributed by atoms with E-state index in [1.807, 2.05) is 31.7 Å². The van der Waals surface area contributed by atoms with Crippen molar-refractivity contribution in [3.8, 4) is 0 Å². The summed E-state index contributed by atoms with van der Waals surface area (Å²) in [6, 6.07) is 5.43. The first-order valence-electron chi connectivity index (χ1n) is 7.20. The maximum atomic E-state index is 12.3. The quantitative estimate of drug-likeness (QED) is 0.828. The van der Waals surface area contributed by atoms with Crippen LogP contribution in [0.15, 0.2) is 18.2 Å². The van der Waals surface area contributed by atoms with Crippen molar-refractivity contribution < 1.29 is 9.53 Å². The van der Waals surface area contributed by atoms with Crippen LogP contribution in [0.25, 0.3) is 0 Å². The molecule has 0 saturated carbocycles. The molecule has 4 heteroatoms. The van der Waals surface area contributed by atoms with Crippen LogP contribution in [0.1, 0.15) is 42.6 Å². The fourth-order valence-corrected chi connectivity index (χ4v) is 2.37. The van der Waals surface area contributed by atoms with Crippen LogP contribution < -0.4 is 0 Å². The normalized spacial score (nSPS) is 15.6. The highest BCUT2D eigenvalue weighted by atomic mass is 35.5. The van der Waals surface area contributed by atoms with E-state index in [4.69, 9.17) is 16.3 Å². The van der Waals surface area contributed by atoms with Crippen LogP contribution in [-0.2, 0) is 4.74 Å². The minimum Gasteiger partial charge on any atom is -0.381 e. The Balaban J connectivity index is 0.000000956. The summed E-state index contributed by atoms with van der Waals surface area (Å²) in [5.74, 6) is 0.0873. The molecule has 3 nitrogen and oxygen atoms in total. The SMILES string of the molecule is CC.COC1CCN(C(=O)c2ccc(Cl)c(C)c2)CC1. The first kappa shape index (κ1) is 17.0. The standard InChI is InChI=1S/C14H18ClNO2.C2H6/c1-10-9-11(3-4-13(10)15)14(17)16-7-5-12(18-2)6-8-16;1-2/h3-4,9,12H,5-8H2,1-2H3;1-2H3. The molecule has 20 heavy (non-hydrogen) atoms. The van der Waals surface area contributed by atoms with Crippen molar-refractivity contribution >= 4 is 17.5 Å². The van der Waals surface area contributed by atoms with Gasteiger partial charge in [-0.1, -0.05) is 25.4 Å². The van der Waals surface area contributed by atoms with Gasteiger partial charge in [-0.2, -0.15) is 0 Å². The average Bonchev–Trinajstić information content (AvgIpc) is 2.51. The van der Waals surface area contributed by atoms with E-state index in [2.05, 4.69) is 0 Å². The lowest BCUT2D eigenvalue weighted by atomic mass is 10.1. The van der Waals surface area contributed by atoms with Gasteiger partial charge >= 0.3 is 0 Å². The molecule has 0 bridgehead atoms. The number of halogens is 1. The number of hydrogen-bond donors (Lipinski definition) is 0. The number of rotatable bonds is 2. The van der Waals surface area contributed by atoms with E-state index < -0.39 is 0 Å². The molecule has 112 valence electrons. The average molecular weight is 298 g/mol. The predicted octanol–water partition coefficient (Wildman–Crippen LogP) is 3.93. The molecular weight excluding hydrogens is 274 g/mol. The molecule has 0 radical (unpaired) electrons. The second-order valence-corrected chi connectivity index (χ2v) is 5.10. The Bertz CT molecular complexity index is 440. The number of nitrogens with zero attached hydrogens (tertiary/aromatic N) is 1. The topological polar surface area (TPSA) is 29.5 Å². The van der Waals surface area contributed by atoms with Crippen molar-refractivity contribution in [1.82, 2.24) is 4.90 Å². The maximum absolute atomic E-state index is 12.3. The smallest absolute Gasteiger partial charge is 0.253 e. The second-order valence-electron chi connectivity index (χ2n) is 4.69. The van der Waals surface area contributed by atoms with Crippen LogP contribution in [-0.4, -0.2) is 37.1 Å². The molecule has 1 aliphatic heterocycles. The van der Waals surface area contributed by atoms with E-state index in [1.54, 1.807) is 19.2 Å². The minimum absolute atomic E-state index is 0.0873. The Kier molecular flexibility index (Phi) is 7.03. The van der Waals surface area contributed by atoms with Gasteiger partial charge in [0, 0.05) is 30.8 Å². The lowest BCUT2D eigenvalue weighted by Crippen LogP contribution is -2.40. The summed E-state index contributed by atoms with van der Waals surface area (Å²) in [6.45, 7) is 7.44. The van der Waals surface area contributed by atoms with E-state index in [1.165, 1.54) is 0 Å². The van der Waals surface area contributed by atoms with Crippen molar-refractivity contribution in [3.05, 3.63) is 34.3 Å². The summed E-state index contributed by atoms with van der Waals surface area (Å²) in [5.41, 5.74) is 1.65. The highest BCUT2D eigenvalue weighted by Crippen LogP contribution is 2.20. The molecule has 0 N–H and O–H groups in total. The highest BCUT2D eigenvalue weighted by molar-refractivity contribution is 6.31. The molecule has 1 amide bonds. The number of piperidine rings is 1. The van der Waals surface area contributed by atoms with E-state index in [-0.39, 0.29) is 5.91 Å². The van der Waals surface area contributed by atoms with Gasteiger partial charge in [0.05, 0.1) is 6.10 Å². The number of carbonyl (C=O) groups excluding carboxylic acids is 1. The van der Waals surface area contributed by atoms with Gasteiger partial charge < -0.3 is 9.64 Å². The third kappa shape index (κ3) is 4.22. The molecule has 1 aromatic carbocycles. The summed E-state index contributed by atoms with van der Waals surface area (Å²) in [4.78, 5) is 14.2. The van der Waals surface area contributed by atoms with Gasteiger partial charge in [-0.3, -0.25) is 4.79 Å². The van der Waals surface area contributed by atoms with Crippen molar-refractivity contribution in [2.24, 2.45) is 0 Å². The van der Waals surface area contributed by atoms with Gasteiger partial charge in [0.25, 0.3) is 5.91 Å². The summed E-state index contributed by atoms with van der Waals surface area (Å²) in [7, 11) is 1.73. The summed E-state index contributed by atoms with van der Waals surface area (Å²) < 4.78 is 5.30. The van der Waals surface area contributed by atoms with Crippen molar-refractivity contribution in [3.63, 3.8) is 0 Å². The molecule has 0 spiro atoms. The van der Waals surface area contributed by atoms with Crippen LogP contribution in [0.4, 0.5) is 0 Å². The molecule has 0 unspecified atom stereocenters. The number of benzene rings is 1. The predicted molar refractivity (Wildman–Crippen MR) is 83.5 cm³/mol. The molecule has 0 aromatic heterocycles. The monoisotopic (exact) mass is 297 g/mol. The fraction of sp³-hybridized carbons (Fsp3) is 0.562. The van der Waals surface area contributed by atoms with Gasteiger partial charge in [0.2, 0.25) is 0 Å². The minimum atomic E-state index is 0.0873. The Morgan fingerprint density at radius 3 is 2.40 bits per heavy atom. The molecule has 2 rings (SSSR count). The van der Waals surface area contributed by atoms with Crippen LogP contribution in [0.3, 0.4) is 0 Å². The molecule has 1 heterocycles. The lowest BCUT2D eigenvalue weighted by molar-refractivity contribution is 0.0351. The number of aryl methyl sites for hydroxylation is 1. The zero-order valence-electron chi connectivity index (χ0n) is 12.8. The molecule has 1 aliphatic rings. The van der Waals surface area contributed by atoms with Gasteiger partial charge in [0.15, 0.2) is 0 Å². The van der Waals surface area contributed by atoms with Crippen molar-refractivity contribution in [1.29, 1.82) is 0 Å². The third-order valence-corrected chi connectivity index (χ3v) is 3.89. The maximum Gasteiger partial charge on any atom is 0.253 e. The number of carbonyl (C=O) groups is 1. The van der Waals surface area contributed by atoms with E-state index in [0.29, 0.717) is 16.7 Å². The van der Waals surface area contributed by atoms with Crippen LogP contribution in [0, 0.1) is 6.92 Å². The van der Waals surface area contributed by atoms with Gasteiger partial charge in [-0.05, 0) is 43.5 Å². The summed E-state index contributed by atoms with van der Waals surface area (Å²) >= 11 is 5.97. The van der Waals surface area contributed by atoms with Crippen LogP contribution in [0.5, 0.6) is 0 Å². The lowest BCUT2D eigenvalue weighted by Gasteiger charge is -2.31. The second kappa shape index (κ2) is 8.28. The van der Waals surface area contributed by atoms with Gasteiger partial charge in [-0.25, -0.2) is 0 Å². The van der Waals surface area contributed by atoms with E-state index in [0.717, 1.165) is 31.5 Å². The first-order valence-corrected chi connectivity index (χ1v) is 7.58. The number of methoxy groups -OCH3 is 1. The number of likely N-dealkylation sites (tertiary alicyclic amines) is 1. The molecule has 1 saturated heterocycles. The Morgan fingerprint density at radius 2 is 1.90 bits per heavy atom. The van der Waals surface area contributed by atoms with E-state index >= 15 is 0 Å². The molecule has 1 fully saturated rings. The fourth-order valence-electron chi connectivity index (χ4n) is 2.25.